The van der Waals surface area contributed by atoms with Crippen molar-refractivity contribution in [2.75, 3.05) is 11.9 Å². The first-order valence-electron chi connectivity index (χ1n) is 6.65. The van der Waals surface area contributed by atoms with Crippen LogP contribution >= 0.6 is 23.1 Å². The number of halogens is 1. The summed E-state index contributed by atoms with van der Waals surface area (Å²) in [6.07, 6.45) is -0.862. The molecule has 0 aliphatic heterocycles. The maximum atomic E-state index is 10.3. The molecule has 114 valence electrons. The zero-order chi connectivity index (χ0) is 15.4. The van der Waals surface area contributed by atoms with E-state index in [9.17, 15) is 10.2 Å². The molecule has 0 fully saturated rings. The van der Waals surface area contributed by atoms with Crippen molar-refractivity contribution in [3.05, 3.63) is 40.7 Å². The van der Waals surface area contributed by atoms with Crippen LogP contribution in [0.1, 0.15) is 37.3 Å². The third-order valence-corrected chi connectivity index (χ3v) is 3.97. The molecule has 3 N–H and O–H groups in total. The maximum absolute atomic E-state index is 10.3. The normalized spacial score (nSPS) is 14.2. The summed E-state index contributed by atoms with van der Waals surface area (Å²) in [6, 6.07) is 6.32. The molecule has 0 aliphatic carbocycles. The molecule has 1 heterocycles. The van der Waals surface area contributed by atoms with Gasteiger partial charge in [0.1, 0.15) is 11.9 Å². The molecule has 0 saturated heterocycles. The fourth-order valence-electron chi connectivity index (χ4n) is 1.80. The fraction of sp³-hybridized carbons (Fsp3) is 0.429. The Morgan fingerprint density at radius 1 is 1.29 bits per heavy atom. The quantitative estimate of drug-likeness (QED) is 0.760. The standard InChI is InChI=1S/C14H18ClN3O2S/c1-8(2)13-17-14(21-18-13)16-11(7-19)12(20)9-3-5-10(15)6-4-9/h3-6,8,11-12,19-20H,7H2,1-2H3,(H,16,17,18)/t11-,12+/m0/s1. The number of nitrogens with zero attached hydrogens (tertiary/aromatic N) is 2. The summed E-state index contributed by atoms with van der Waals surface area (Å²) in [5.41, 5.74) is 0.680. The number of rotatable bonds is 6. The highest BCUT2D eigenvalue weighted by atomic mass is 35.5. The molecule has 0 bridgehead atoms. The van der Waals surface area contributed by atoms with Gasteiger partial charge in [-0.05, 0) is 17.7 Å². The van der Waals surface area contributed by atoms with Gasteiger partial charge in [0.15, 0.2) is 0 Å². The minimum absolute atomic E-state index is 0.222. The van der Waals surface area contributed by atoms with Gasteiger partial charge in [-0.2, -0.15) is 4.37 Å². The van der Waals surface area contributed by atoms with Gasteiger partial charge >= 0.3 is 0 Å². The van der Waals surface area contributed by atoms with Gasteiger partial charge in [-0.1, -0.05) is 37.6 Å². The average molecular weight is 328 g/mol. The third-order valence-electron chi connectivity index (χ3n) is 3.06. The van der Waals surface area contributed by atoms with Crippen LogP contribution in [0.3, 0.4) is 0 Å². The van der Waals surface area contributed by atoms with E-state index in [1.165, 1.54) is 11.5 Å². The maximum Gasteiger partial charge on any atom is 0.202 e. The van der Waals surface area contributed by atoms with E-state index >= 15 is 0 Å². The van der Waals surface area contributed by atoms with Crippen molar-refractivity contribution in [2.45, 2.75) is 31.9 Å². The summed E-state index contributed by atoms with van der Waals surface area (Å²) in [5, 5.41) is 24.1. The molecule has 0 unspecified atom stereocenters. The number of aromatic nitrogens is 2. The Labute approximate surface area is 132 Å². The zero-order valence-corrected chi connectivity index (χ0v) is 13.4. The SMILES string of the molecule is CC(C)c1nsc(N[C@@H](CO)[C@H](O)c2ccc(Cl)cc2)n1. The van der Waals surface area contributed by atoms with E-state index < -0.39 is 12.1 Å². The van der Waals surface area contributed by atoms with E-state index in [4.69, 9.17) is 11.6 Å². The molecular formula is C14H18ClN3O2S. The first kappa shape index (κ1) is 16.2. The average Bonchev–Trinajstić information content (AvgIpc) is 2.93. The molecular weight excluding hydrogens is 310 g/mol. The van der Waals surface area contributed by atoms with Crippen molar-refractivity contribution in [3.63, 3.8) is 0 Å². The van der Waals surface area contributed by atoms with Crippen molar-refractivity contribution in [1.29, 1.82) is 0 Å². The lowest BCUT2D eigenvalue weighted by Crippen LogP contribution is -2.31. The van der Waals surface area contributed by atoms with Gasteiger partial charge in [0.05, 0.1) is 12.6 Å². The molecule has 2 rings (SSSR count). The number of nitrogens with one attached hydrogen (secondary N) is 1. The van der Waals surface area contributed by atoms with Gasteiger partial charge in [-0.15, -0.1) is 0 Å². The third kappa shape index (κ3) is 4.14. The van der Waals surface area contributed by atoms with Gasteiger partial charge in [0.25, 0.3) is 0 Å². The smallest absolute Gasteiger partial charge is 0.202 e. The summed E-state index contributed by atoms with van der Waals surface area (Å²) in [4.78, 5) is 4.34. The van der Waals surface area contributed by atoms with Crippen LogP contribution in [0.5, 0.6) is 0 Å². The molecule has 0 spiro atoms. The number of benzene rings is 1. The van der Waals surface area contributed by atoms with Crippen LogP contribution in [0.2, 0.25) is 5.02 Å². The summed E-state index contributed by atoms with van der Waals surface area (Å²) in [5.74, 6) is 0.991. The van der Waals surface area contributed by atoms with Crippen molar-refractivity contribution in [3.8, 4) is 0 Å². The highest BCUT2D eigenvalue weighted by Crippen LogP contribution is 2.24. The van der Waals surface area contributed by atoms with Crippen LogP contribution < -0.4 is 5.32 Å². The van der Waals surface area contributed by atoms with Crippen molar-refractivity contribution in [2.24, 2.45) is 0 Å². The Bertz CT molecular complexity index is 574. The van der Waals surface area contributed by atoms with Crippen LogP contribution in [0.15, 0.2) is 24.3 Å². The molecule has 0 aliphatic rings. The highest BCUT2D eigenvalue weighted by Gasteiger charge is 2.21. The summed E-state index contributed by atoms with van der Waals surface area (Å²) in [6.45, 7) is 3.80. The lowest BCUT2D eigenvalue weighted by molar-refractivity contribution is 0.118. The number of anilines is 1. The van der Waals surface area contributed by atoms with Gasteiger partial charge in [-0.25, -0.2) is 4.98 Å². The summed E-state index contributed by atoms with van der Waals surface area (Å²) < 4.78 is 4.23. The zero-order valence-electron chi connectivity index (χ0n) is 11.8. The van der Waals surface area contributed by atoms with Crippen LogP contribution in [0.4, 0.5) is 5.13 Å². The minimum atomic E-state index is -0.862. The monoisotopic (exact) mass is 327 g/mol. The summed E-state index contributed by atoms with van der Waals surface area (Å²) in [7, 11) is 0. The van der Waals surface area contributed by atoms with Crippen molar-refractivity contribution >= 4 is 28.3 Å². The lowest BCUT2D eigenvalue weighted by Gasteiger charge is -2.22. The number of hydrogen-bond donors (Lipinski definition) is 3. The molecule has 7 heteroatoms. The van der Waals surface area contributed by atoms with E-state index in [1.54, 1.807) is 24.3 Å². The second-order valence-corrected chi connectivity index (χ2v) is 6.23. The molecule has 2 atom stereocenters. The molecule has 0 radical (unpaired) electrons. The van der Waals surface area contributed by atoms with Gasteiger partial charge in [0, 0.05) is 22.5 Å². The van der Waals surface area contributed by atoms with Crippen LogP contribution in [-0.4, -0.2) is 32.2 Å². The van der Waals surface area contributed by atoms with Crippen molar-refractivity contribution < 1.29 is 10.2 Å². The van der Waals surface area contributed by atoms with E-state index in [0.29, 0.717) is 15.7 Å². The Kier molecular flexibility index (Phi) is 5.52. The largest absolute Gasteiger partial charge is 0.394 e. The van der Waals surface area contributed by atoms with E-state index in [2.05, 4.69) is 14.7 Å². The van der Waals surface area contributed by atoms with Gasteiger partial charge < -0.3 is 15.5 Å². The first-order chi connectivity index (χ1) is 10.0. The topological polar surface area (TPSA) is 78.3 Å². The van der Waals surface area contributed by atoms with E-state index in [-0.39, 0.29) is 12.5 Å². The molecule has 21 heavy (non-hydrogen) atoms. The van der Waals surface area contributed by atoms with Crippen LogP contribution in [-0.2, 0) is 0 Å². The fourth-order valence-corrected chi connectivity index (χ4v) is 2.70. The second kappa shape index (κ2) is 7.17. The first-order valence-corrected chi connectivity index (χ1v) is 7.81. The Hall–Kier alpha value is -1.21. The molecule has 1 aromatic heterocycles. The minimum Gasteiger partial charge on any atom is -0.394 e. The summed E-state index contributed by atoms with van der Waals surface area (Å²) >= 11 is 7.05. The number of aliphatic hydroxyl groups is 2. The predicted molar refractivity (Wildman–Crippen MR) is 84.9 cm³/mol. The Balaban J connectivity index is 2.09. The molecule has 1 aromatic carbocycles. The number of aliphatic hydroxyl groups excluding tert-OH is 2. The van der Waals surface area contributed by atoms with Gasteiger partial charge in [0.2, 0.25) is 5.13 Å². The molecule has 5 nitrogen and oxygen atoms in total. The molecule has 0 saturated carbocycles. The Morgan fingerprint density at radius 2 is 1.95 bits per heavy atom. The Morgan fingerprint density at radius 3 is 2.48 bits per heavy atom. The lowest BCUT2D eigenvalue weighted by atomic mass is 10.0. The molecule has 2 aromatic rings. The number of hydrogen-bond acceptors (Lipinski definition) is 6. The van der Waals surface area contributed by atoms with Crippen molar-refractivity contribution in [1.82, 2.24) is 9.36 Å². The van der Waals surface area contributed by atoms with Crippen LogP contribution in [0.25, 0.3) is 0 Å². The predicted octanol–water partition coefficient (Wildman–Crippen LogP) is 2.82. The van der Waals surface area contributed by atoms with Crippen LogP contribution in [0, 0.1) is 0 Å². The highest BCUT2D eigenvalue weighted by molar-refractivity contribution is 7.09. The second-order valence-electron chi connectivity index (χ2n) is 5.04. The van der Waals surface area contributed by atoms with E-state index in [0.717, 1.165) is 5.82 Å². The van der Waals surface area contributed by atoms with Gasteiger partial charge in [-0.3, -0.25) is 0 Å². The van der Waals surface area contributed by atoms with E-state index in [1.807, 2.05) is 13.8 Å². The molecule has 0 amide bonds.